The molecule has 1 unspecified atom stereocenters. The fraction of sp³-hybridized carbons (Fsp3) is 0.500. The summed E-state index contributed by atoms with van der Waals surface area (Å²) in [6.07, 6.45) is 2.52. The Morgan fingerprint density at radius 1 is 1.10 bits per heavy atom. The Morgan fingerprint density at radius 2 is 1.80 bits per heavy atom. The van der Waals surface area contributed by atoms with Crippen LogP contribution in [0.4, 0.5) is 0 Å². The van der Waals surface area contributed by atoms with Crippen molar-refractivity contribution in [1.29, 1.82) is 0 Å². The lowest BCUT2D eigenvalue weighted by Gasteiger charge is -2.08. The van der Waals surface area contributed by atoms with Crippen LogP contribution in [0.3, 0.4) is 0 Å². The van der Waals surface area contributed by atoms with E-state index in [-0.39, 0.29) is 6.04 Å². The van der Waals surface area contributed by atoms with Crippen LogP contribution >= 0.6 is 0 Å². The van der Waals surface area contributed by atoms with Crippen LogP contribution < -0.4 is 5.73 Å². The van der Waals surface area contributed by atoms with E-state index in [2.05, 4.69) is 55.2 Å². The molecular weight excluding hydrogens is 250 g/mol. The van der Waals surface area contributed by atoms with Gasteiger partial charge in [-0.25, -0.2) is 0 Å². The van der Waals surface area contributed by atoms with E-state index < -0.39 is 0 Å². The van der Waals surface area contributed by atoms with Gasteiger partial charge in [0.25, 0.3) is 0 Å². The minimum absolute atomic E-state index is 0.157. The zero-order chi connectivity index (χ0) is 14.5. The molecule has 0 amide bonds. The molecule has 0 saturated heterocycles. The zero-order valence-corrected chi connectivity index (χ0v) is 12.5. The fourth-order valence-corrected chi connectivity index (χ4v) is 2.13. The topological polar surface area (TPSA) is 64.9 Å². The van der Waals surface area contributed by atoms with Crippen LogP contribution in [0, 0.1) is 12.8 Å². The molecule has 2 N–H and O–H groups in total. The summed E-state index contributed by atoms with van der Waals surface area (Å²) < 4.78 is 5.64. The van der Waals surface area contributed by atoms with Gasteiger partial charge in [0.05, 0.1) is 6.04 Å². The van der Waals surface area contributed by atoms with Crippen LogP contribution in [0.1, 0.15) is 49.2 Å². The molecule has 2 aromatic rings. The molecule has 108 valence electrons. The van der Waals surface area contributed by atoms with Crippen molar-refractivity contribution >= 4 is 0 Å². The lowest BCUT2D eigenvalue weighted by Crippen LogP contribution is -2.13. The van der Waals surface area contributed by atoms with Crippen LogP contribution in [-0.4, -0.2) is 10.2 Å². The number of aryl methyl sites for hydroxylation is 3. The summed E-state index contributed by atoms with van der Waals surface area (Å²) in [6, 6.07) is 8.35. The minimum atomic E-state index is -0.157. The summed E-state index contributed by atoms with van der Waals surface area (Å²) in [4.78, 5) is 0. The highest BCUT2D eigenvalue weighted by Crippen LogP contribution is 2.18. The highest BCUT2D eigenvalue weighted by atomic mass is 16.4. The Morgan fingerprint density at radius 3 is 2.45 bits per heavy atom. The number of hydrogen-bond donors (Lipinski definition) is 1. The molecule has 0 radical (unpaired) electrons. The van der Waals surface area contributed by atoms with E-state index in [1.165, 1.54) is 11.1 Å². The van der Waals surface area contributed by atoms with E-state index in [0.717, 1.165) is 19.3 Å². The molecule has 0 spiro atoms. The third kappa shape index (κ3) is 4.17. The summed E-state index contributed by atoms with van der Waals surface area (Å²) >= 11 is 0. The van der Waals surface area contributed by atoms with Crippen molar-refractivity contribution in [1.82, 2.24) is 10.2 Å². The minimum Gasteiger partial charge on any atom is -0.424 e. The van der Waals surface area contributed by atoms with Crippen molar-refractivity contribution in [3.63, 3.8) is 0 Å². The van der Waals surface area contributed by atoms with Crippen LogP contribution in [0.15, 0.2) is 28.7 Å². The average Bonchev–Trinajstić information content (AvgIpc) is 2.86. The van der Waals surface area contributed by atoms with Gasteiger partial charge >= 0.3 is 0 Å². The second kappa shape index (κ2) is 6.66. The van der Waals surface area contributed by atoms with Crippen molar-refractivity contribution < 1.29 is 4.42 Å². The predicted molar refractivity (Wildman–Crippen MR) is 79.3 cm³/mol. The maximum atomic E-state index is 6.04. The second-order valence-corrected chi connectivity index (χ2v) is 5.76. The highest BCUT2D eigenvalue weighted by molar-refractivity contribution is 5.21. The average molecular weight is 273 g/mol. The van der Waals surface area contributed by atoms with Crippen LogP contribution in [0.2, 0.25) is 0 Å². The summed E-state index contributed by atoms with van der Waals surface area (Å²) in [5.74, 6) is 1.74. The molecule has 0 aliphatic heterocycles. The molecule has 1 atom stereocenters. The molecule has 0 aliphatic carbocycles. The lowest BCUT2D eigenvalue weighted by molar-refractivity contribution is 0.383. The zero-order valence-electron chi connectivity index (χ0n) is 12.5. The van der Waals surface area contributed by atoms with E-state index in [1.54, 1.807) is 0 Å². The third-order valence-electron chi connectivity index (χ3n) is 3.27. The van der Waals surface area contributed by atoms with Gasteiger partial charge in [-0.1, -0.05) is 43.7 Å². The Bertz CT molecular complexity index is 531. The summed E-state index contributed by atoms with van der Waals surface area (Å²) in [5, 5.41) is 8.13. The first-order valence-electron chi connectivity index (χ1n) is 7.18. The quantitative estimate of drug-likeness (QED) is 0.877. The molecule has 0 fully saturated rings. The highest BCUT2D eigenvalue weighted by Gasteiger charge is 2.15. The van der Waals surface area contributed by atoms with Gasteiger partial charge in [0, 0.05) is 6.42 Å². The Hall–Kier alpha value is -1.68. The van der Waals surface area contributed by atoms with Gasteiger partial charge in [-0.05, 0) is 31.2 Å². The smallest absolute Gasteiger partial charge is 0.233 e. The van der Waals surface area contributed by atoms with Crippen molar-refractivity contribution in [2.75, 3.05) is 0 Å². The predicted octanol–water partition coefficient (Wildman–Crippen LogP) is 3.21. The number of rotatable bonds is 6. The fourth-order valence-electron chi connectivity index (χ4n) is 2.13. The molecular formula is C16H23N3O. The molecule has 1 aromatic heterocycles. The van der Waals surface area contributed by atoms with Gasteiger partial charge < -0.3 is 10.2 Å². The number of aromatic nitrogens is 2. The van der Waals surface area contributed by atoms with Crippen LogP contribution in [-0.2, 0) is 12.8 Å². The summed E-state index contributed by atoms with van der Waals surface area (Å²) in [5.41, 5.74) is 8.59. The monoisotopic (exact) mass is 273 g/mol. The Labute approximate surface area is 120 Å². The van der Waals surface area contributed by atoms with Gasteiger partial charge in [0.2, 0.25) is 11.8 Å². The first kappa shape index (κ1) is 14.7. The van der Waals surface area contributed by atoms with Crippen molar-refractivity contribution in [3.05, 3.63) is 47.2 Å². The van der Waals surface area contributed by atoms with Gasteiger partial charge in [-0.2, -0.15) is 0 Å². The largest absolute Gasteiger partial charge is 0.424 e. The van der Waals surface area contributed by atoms with Crippen molar-refractivity contribution in [2.45, 2.75) is 46.1 Å². The molecule has 1 aromatic carbocycles. The van der Waals surface area contributed by atoms with Gasteiger partial charge in [-0.15, -0.1) is 10.2 Å². The number of nitrogens with zero attached hydrogens (tertiary/aromatic N) is 2. The molecule has 0 saturated carbocycles. The van der Waals surface area contributed by atoms with Crippen LogP contribution in [0.5, 0.6) is 0 Å². The van der Waals surface area contributed by atoms with Crippen molar-refractivity contribution in [2.24, 2.45) is 11.7 Å². The van der Waals surface area contributed by atoms with E-state index in [4.69, 9.17) is 10.2 Å². The summed E-state index contributed by atoms with van der Waals surface area (Å²) in [7, 11) is 0. The van der Waals surface area contributed by atoms with Crippen LogP contribution in [0.25, 0.3) is 0 Å². The molecule has 0 bridgehead atoms. The van der Waals surface area contributed by atoms with Gasteiger partial charge in [0.1, 0.15) is 0 Å². The Balaban J connectivity index is 1.91. The maximum Gasteiger partial charge on any atom is 0.233 e. The number of hydrogen-bond acceptors (Lipinski definition) is 4. The molecule has 4 heteroatoms. The van der Waals surface area contributed by atoms with Gasteiger partial charge in [0.15, 0.2) is 0 Å². The normalized spacial score (nSPS) is 12.8. The first-order valence-corrected chi connectivity index (χ1v) is 7.18. The SMILES string of the molecule is Cc1ccc(CCc2nnc(C(N)CC(C)C)o2)cc1. The van der Waals surface area contributed by atoms with E-state index in [9.17, 15) is 0 Å². The Kier molecular flexibility index (Phi) is 4.90. The third-order valence-corrected chi connectivity index (χ3v) is 3.27. The first-order chi connectivity index (χ1) is 9.54. The molecule has 20 heavy (non-hydrogen) atoms. The second-order valence-electron chi connectivity index (χ2n) is 5.76. The van der Waals surface area contributed by atoms with E-state index >= 15 is 0 Å². The van der Waals surface area contributed by atoms with E-state index in [1.807, 2.05) is 0 Å². The standard InChI is InChI=1S/C16H23N3O/c1-11(2)10-14(17)16-19-18-15(20-16)9-8-13-6-4-12(3)5-7-13/h4-7,11,14H,8-10,17H2,1-3H3. The van der Waals surface area contributed by atoms with Crippen molar-refractivity contribution in [3.8, 4) is 0 Å². The molecule has 1 heterocycles. The lowest BCUT2D eigenvalue weighted by atomic mass is 10.0. The number of nitrogens with two attached hydrogens (primary N) is 1. The van der Waals surface area contributed by atoms with E-state index in [0.29, 0.717) is 17.7 Å². The number of benzene rings is 1. The summed E-state index contributed by atoms with van der Waals surface area (Å²) in [6.45, 7) is 6.35. The molecule has 2 rings (SSSR count). The molecule has 0 aliphatic rings. The maximum absolute atomic E-state index is 6.04. The van der Waals surface area contributed by atoms with Gasteiger partial charge in [-0.3, -0.25) is 0 Å². The molecule has 4 nitrogen and oxygen atoms in total.